The van der Waals surface area contributed by atoms with Crippen LogP contribution in [0.5, 0.6) is 23.0 Å². The fourth-order valence-corrected chi connectivity index (χ4v) is 3.81. The van der Waals surface area contributed by atoms with Crippen LogP contribution in [0.2, 0.25) is 0 Å². The fraction of sp³-hybridized carbons (Fsp3) is 0.0714. The number of carbonyl (C=O) groups excluding carboxylic acids is 2. The predicted octanol–water partition coefficient (Wildman–Crippen LogP) is 5.90. The summed E-state index contributed by atoms with van der Waals surface area (Å²) in [6, 6.07) is 31.0. The summed E-state index contributed by atoms with van der Waals surface area (Å²) in [5.74, 6) is 0.970. The Morgan fingerprint density at radius 3 is 1.91 bits per heavy atom. The van der Waals surface area contributed by atoms with Crippen LogP contribution in [0.3, 0.4) is 0 Å². The monoisotopic (exact) mass is 451 g/mol. The molecule has 4 aromatic rings. The molecule has 1 N–H and O–H groups in total. The van der Waals surface area contributed by atoms with E-state index in [1.165, 1.54) is 0 Å². The fourth-order valence-electron chi connectivity index (χ4n) is 3.81. The van der Waals surface area contributed by atoms with E-state index in [0.29, 0.717) is 34.1 Å². The average molecular weight is 451 g/mol. The highest BCUT2D eigenvalue weighted by molar-refractivity contribution is 5.94. The molecule has 168 valence electrons. The standard InChI is InChI=1S/C28H21NO5/c30-26(29-19-14-16-21(17-15-19)33-20-8-2-1-3-9-20)18-32-28(31)27-22-10-4-6-12-24(22)34-25-13-7-5-11-23(25)27/h1-17,27H,18H2,(H,29,30). The number of hydrogen-bond acceptors (Lipinski definition) is 5. The Morgan fingerprint density at radius 1 is 0.706 bits per heavy atom. The lowest BCUT2D eigenvalue weighted by molar-refractivity contribution is -0.148. The van der Waals surface area contributed by atoms with E-state index in [1.807, 2.05) is 78.9 Å². The summed E-state index contributed by atoms with van der Waals surface area (Å²) in [6.07, 6.45) is 0. The molecule has 0 aliphatic carbocycles. The van der Waals surface area contributed by atoms with Crippen LogP contribution < -0.4 is 14.8 Å². The molecule has 1 heterocycles. The van der Waals surface area contributed by atoms with Crippen molar-refractivity contribution in [3.05, 3.63) is 114 Å². The van der Waals surface area contributed by atoms with Crippen molar-refractivity contribution < 1.29 is 23.8 Å². The molecular weight excluding hydrogens is 430 g/mol. The zero-order valence-corrected chi connectivity index (χ0v) is 18.1. The molecule has 1 amide bonds. The van der Waals surface area contributed by atoms with Crippen molar-refractivity contribution in [2.24, 2.45) is 0 Å². The van der Waals surface area contributed by atoms with Gasteiger partial charge < -0.3 is 19.5 Å². The maximum absolute atomic E-state index is 13.0. The number of fused-ring (bicyclic) bond motifs is 2. The van der Waals surface area contributed by atoms with Gasteiger partial charge in [0.15, 0.2) is 6.61 Å². The summed E-state index contributed by atoms with van der Waals surface area (Å²) in [5.41, 5.74) is 1.99. The Balaban J connectivity index is 1.21. The molecule has 0 unspecified atom stereocenters. The van der Waals surface area contributed by atoms with Gasteiger partial charge in [-0.05, 0) is 48.5 Å². The molecule has 0 saturated heterocycles. The summed E-state index contributed by atoms with van der Waals surface area (Å²) >= 11 is 0. The van der Waals surface area contributed by atoms with Crippen LogP contribution in [0.15, 0.2) is 103 Å². The highest BCUT2D eigenvalue weighted by Gasteiger charge is 2.33. The maximum Gasteiger partial charge on any atom is 0.318 e. The van der Waals surface area contributed by atoms with Crippen molar-refractivity contribution in [1.29, 1.82) is 0 Å². The van der Waals surface area contributed by atoms with Crippen molar-refractivity contribution in [2.45, 2.75) is 5.92 Å². The second-order valence-corrected chi connectivity index (χ2v) is 7.71. The molecule has 0 radical (unpaired) electrons. The molecule has 0 fully saturated rings. The van der Waals surface area contributed by atoms with Crippen LogP contribution in [-0.2, 0) is 14.3 Å². The number of carbonyl (C=O) groups is 2. The maximum atomic E-state index is 13.0. The number of amides is 1. The average Bonchev–Trinajstić information content (AvgIpc) is 2.87. The normalized spacial score (nSPS) is 12.0. The van der Waals surface area contributed by atoms with Crippen LogP contribution in [-0.4, -0.2) is 18.5 Å². The summed E-state index contributed by atoms with van der Waals surface area (Å²) in [7, 11) is 0. The van der Waals surface area contributed by atoms with Crippen molar-refractivity contribution in [3.63, 3.8) is 0 Å². The number of esters is 1. The van der Waals surface area contributed by atoms with E-state index in [9.17, 15) is 9.59 Å². The highest BCUT2D eigenvalue weighted by Crippen LogP contribution is 2.44. The number of rotatable bonds is 6. The van der Waals surface area contributed by atoms with Crippen molar-refractivity contribution >= 4 is 17.6 Å². The molecule has 6 nitrogen and oxygen atoms in total. The van der Waals surface area contributed by atoms with Gasteiger partial charge in [-0.1, -0.05) is 54.6 Å². The van der Waals surface area contributed by atoms with Gasteiger partial charge in [0.05, 0.1) is 0 Å². The number of anilines is 1. The van der Waals surface area contributed by atoms with Gasteiger partial charge in [0.25, 0.3) is 5.91 Å². The Kier molecular flexibility index (Phi) is 5.95. The van der Waals surface area contributed by atoms with Crippen LogP contribution >= 0.6 is 0 Å². The minimum atomic E-state index is -0.664. The topological polar surface area (TPSA) is 73.9 Å². The minimum absolute atomic E-state index is 0.400. The first kappa shape index (κ1) is 21.3. The first-order chi connectivity index (χ1) is 16.7. The van der Waals surface area contributed by atoms with Crippen LogP contribution in [0, 0.1) is 0 Å². The zero-order valence-electron chi connectivity index (χ0n) is 18.1. The van der Waals surface area contributed by atoms with Gasteiger partial charge in [0, 0.05) is 16.8 Å². The highest BCUT2D eigenvalue weighted by atomic mass is 16.5. The van der Waals surface area contributed by atoms with E-state index in [2.05, 4.69) is 5.32 Å². The third-order valence-electron chi connectivity index (χ3n) is 5.38. The lowest BCUT2D eigenvalue weighted by atomic mass is 9.88. The van der Waals surface area contributed by atoms with Crippen molar-refractivity contribution in [3.8, 4) is 23.0 Å². The molecule has 6 heteroatoms. The lowest BCUT2D eigenvalue weighted by Gasteiger charge is -2.26. The van der Waals surface area contributed by atoms with E-state index in [-0.39, 0.29) is 0 Å². The SMILES string of the molecule is O=C(COC(=O)C1c2ccccc2Oc2ccccc21)Nc1ccc(Oc2ccccc2)cc1. The third kappa shape index (κ3) is 4.61. The molecule has 34 heavy (non-hydrogen) atoms. The molecule has 0 saturated carbocycles. The molecule has 0 atom stereocenters. The first-order valence-corrected chi connectivity index (χ1v) is 10.8. The number of nitrogens with one attached hydrogen (secondary N) is 1. The van der Waals surface area contributed by atoms with E-state index < -0.39 is 24.4 Å². The second-order valence-electron chi connectivity index (χ2n) is 7.71. The Hall–Kier alpha value is -4.58. The van der Waals surface area contributed by atoms with E-state index >= 15 is 0 Å². The van der Waals surface area contributed by atoms with Gasteiger partial charge in [-0.15, -0.1) is 0 Å². The molecule has 1 aliphatic rings. The van der Waals surface area contributed by atoms with Crippen molar-refractivity contribution in [2.75, 3.05) is 11.9 Å². The number of para-hydroxylation sites is 3. The summed E-state index contributed by atoms with van der Waals surface area (Å²) < 4.78 is 17.1. The van der Waals surface area contributed by atoms with Gasteiger partial charge in [0.1, 0.15) is 28.9 Å². The largest absolute Gasteiger partial charge is 0.457 e. The minimum Gasteiger partial charge on any atom is -0.457 e. The zero-order chi connectivity index (χ0) is 23.3. The molecule has 4 aromatic carbocycles. The molecule has 0 bridgehead atoms. The third-order valence-corrected chi connectivity index (χ3v) is 5.38. The van der Waals surface area contributed by atoms with E-state index in [1.54, 1.807) is 24.3 Å². The van der Waals surface area contributed by atoms with E-state index in [0.717, 1.165) is 5.75 Å². The Bertz CT molecular complexity index is 1270. The first-order valence-electron chi connectivity index (χ1n) is 10.8. The number of hydrogen-bond donors (Lipinski definition) is 1. The number of benzene rings is 4. The van der Waals surface area contributed by atoms with Gasteiger partial charge in [-0.3, -0.25) is 9.59 Å². The van der Waals surface area contributed by atoms with Gasteiger partial charge >= 0.3 is 5.97 Å². The van der Waals surface area contributed by atoms with Crippen molar-refractivity contribution in [1.82, 2.24) is 0 Å². The van der Waals surface area contributed by atoms with Crippen LogP contribution in [0.1, 0.15) is 17.0 Å². The quantitative estimate of drug-likeness (QED) is 0.370. The smallest absolute Gasteiger partial charge is 0.318 e. The number of ether oxygens (including phenoxy) is 3. The summed E-state index contributed by atoms with van der Waals surface area (Å²) in [5, 5.41) is 2.73. The van der Waals surface area contributed by atoms with Gasteiger partial charge in [0.2, 0.25) is 0 Å². The molecule has 0 aromatic heterocycles. The Morgan fingerprint density at radius 2 is 1.26 bits per heavy atom. The Labute approximate surface area is 196 Å². The molecule has 5 rings (SSSR count). The predicted molar refractivity (Wildman–Crippen MR) is 127 cm³/mol. The van der Waals surface area contributed by atoms with Gasteiger partial charge in [-0.2, -0.15) is 0 Å². The lowest BCUT2D eigenvalue weighted by Crippen LogP contribution is -2.26. The molecular formula is C28H21NO5. The van der Waals surface area contributed by atoms with Crippen LogP contribution in [0.4, 0.5) is 5.69 Å². The molecule has 1 aliphatic heterocycles. The molecule has 0 spiro atoms. The van der Waals surface area contributed by atoms with Gasteiger partial charge in [-0.25, -0.2) is 0 Å². The van der Waals surface area contributed by atoms with Crippen LogP contribution in [0.25, 0.3) is 0 Å². The summed E-state index contributed by atoms with van der Waals surface area (Å²) in [6.45, 7) is -0.400. The summed E-state index contributed by atoms with van der Waals surface area (Å²) in [4.78, 5) is 25.4. The van der Waals surface area contributed by atoms with E-state index in [4.69, 9.17) is 14.2 Å². The second kappa shape index (κ2) is 9.50.